The van der Waals surface area contributed by atoms with Gasteiger partial charge in [0, 0.05) is 25.9 Å². The van der Waals surface area contributed by atoms with Crippen molar-refractivity contribution in [1.82, 2.24) is 25.0 Å². The van der Waals surface area contributed by atoms with Crippen LogP contribution >= 0.6 is 0 Å². The van der Waals surface area contributed by atoms with E-state index in [2.05, 4.69) is 15.4 Å². The van der Waals surface area contributed by atoms with Gasteiger partial charge in [0.2, 0.25) is 0 Å². The molecule has 108 valence electrons. The zero-order chi connectivity index (χ0) is 14.4. The molecule has 0 radical (unpaired) electrons. The summed E-state index contributed by atoms with van der Waals surface area (Å²) in [7, 11) is 1.94. The predicted molar refractivity (Wildman–Crippen MR) is 75.8 cm³/mol. The van der Waals surface area contributed by atoms with E-state index in [0.717, 1.165) is 5.56 Å². The van der Waals surface area contributed by atoms with Crippen LogP contribution in [0.25, 0.3) is 0 Å². The van der Waals surface area contributed by atoms with Gasteiger partial charge < -0.3 is 10.2 Å². The van der Waals surface area contributed by atoms with Crippen molar-refractivity contribution in [3.8, 4) is 0 Å². The molecule has 0 amide bonds. The summed E-state index contributed by atoms with van der Waals surface area (Å²) in [6.45, 7) is 0. The highest BCUT2D eigenvalue weighted by atomic mass is 19.1. The Morgan fingerprint density at radius 3 is 2.81 bits per heavy atom. The molecule has 2 aromatic rings. The average molecular weight is 285 g/mol. The van der Waals surface area contributed by atoms with Crippen LogP contribution in [-0.2, 0) is 0 Å². The van der Waals surface area contributed by atoms with E-state index in [9.17, 15) is 4.39 Å². The largest absolute Gasteiger partial charge is 0.364 e. The van der Waals surface area contributed by atoms with Gasteiger partial charge in [-0.15, -0.1) is 0 Å². The molecule has 0 saturated carbocycles. The van der Waals surface area contributed by atoms with Crippen LogP contribution in [0.3, 0.4) is 0 Å². The molecule has 0 saturated heterocycles. The molecule has 1 N–H and O–H groups in total. The molecular formula is C15H16FN5. The third-order valence-corrected chi connectivity index (χ3v) is 4.08. The predicted octanol–water partition coefficient (Wildman–Crippen LogP) is 2.29. The number of nitrogens with one attached hydrogen (secondary N) is 1. The van der Waals surface area contributed by atoms with E-state index in [1.807, 2.05) is 54.7 Å². The highest BCUT2D eigenvalue weighted by Gasteiger charge is 2.37. The Labute approximate surface area is 122 Å². The minimum atomic E-state index is -1.06. The average Bonchev–Trinajstić information content (AvgIpc) is 3.17. The maximum absolute atomic E-state index is 14.3. The first kappa shape index (κ1) is 12.4. The van der Waals surface area contributed by atoms with Gasteiger partial charge in [0.05, 0.1) is 6.04 Å². The van der Waals surface area contributed by atoms with Gasteiger partial charge in [-0.3, -0.25) is 0 Å². The summed E-state index contributed by atoms with van der Waals surface area (Å²) in [6, 6.07) is 9.84. The van der Waals surface area contributed by atoms with Crippen molar-refractivity contribution in [1.29, 1.82) is 0 Å². The maximum atomic E-state index is 14.3. The molecular weight excluding hydrogens is 269 g/mol. The van der Waals surface area contributed by atoms with Crippen molar-refractivity contribution in [2.24, 2.45) is 0 Å². The molecule has 3 heterocycles. The molecule has 4 rings (SSSR count). The van der Waals surface area contributed by atoms with Crippen LogP contribution in [0.5, 0.6) is 0 Å². The number of alkyl halides is 1. The van der Waals surface area contributed by atoms with E-state index in [0.29, 0.717) is 18.1 Å². The van der Waals surface area contributed by atoms with Crippen LogP contribution < -0.4 is 5.32 Å². The topological polar surface area (TPSA) is 46.0 Å². The molecule has 0 aliphatic carbocycles. The Morgan fingerprint density at radius 2 is 2.10 bits per heavy atom. The van der Waals surface area contributed by atoms with Crippen molar-refractivity contribution in [3.05, 3.63) is 59.9 Å². The van der Waals surface area contributed by atoms with Crippen molar-refractivity contribution in [2.75, 3.05) is 7.05 Å². The number of aromatic nitrogens is 3. The number of halogens is 1. The second-order valence-electron chi connectivity index (χ2n) is 5.45. The fourth-order valence-corrected chi connectivity index (χ4v) is 2.98. The van der Waals surface area contributed by atoms with Crippen molar-refractivity contribution >= 4 is 0 Å². The van der Waals surface area contributed by atoms with Crippen LogP contribution in [0.2, 0.25) is 0 Å². The molecule has 6 heteroatoms. The normalized spacial score (nSPS) is 27.0. The van der Waals surface area contributed by atoms with E-state index >= 15 is 0 Å². The summed E-state index contributed by atoms with van der Waals surface area (Å²) in [4.78, 5) is 6.38. The Hall–Kier alpha value is -2.37. The lowest BCUT2D eigenvalue weighted by Crippen LogP contribution is -2.25. The Kier molecular flexibility index (Phi) is 2.70. The van der Waals surface area contributed by atoms with Crippen LogP contribution in [0.15, 0.2) is 42.7 Å². The second kappa shape index (κ2) is 4.58. The van der Waals surface area contributed by atoms with Gasteiger partial charge >= 0.3 is 0 Å². The quantitative estimate of drug-likeness (QED) is 0.919. The smallest absolute Gasteiger partial charge is 0.194 e. The molecule has 2 aliphatic rings. The SMILES string of the molecule is CN1C=CNC1c1nc2n(n1)C(c1ccccc1)CC2F. The second-order valence-corrected chi connectivity index (χ2v) is 5.45. The Morgan fingerprint density at radius 1 is 1.29 bits per heavy atom. The Bertz CT molecular complexity index is 681. The molecule has 21 heavy (non-hydrogen) atoms. The molecule has 3 unspecified atom stereocenters. The summed E-state index contributed by atoms with van der Waals surface area (Å²) in [5, 5.41) is 7.72. The molecule has 0 spiro atoms. The van der Waals surface area contributed by atoms with Gasteiger partial charge in [-0.25, -0.2) is 14.1 Å². The van der Waals surface area contributed by atoms with Crippen LogP contribution in [0.1, 0.15) is 42.0 Å². The first-order valence-electron chi connectivity index (χ1n) is 7.04. The number of benzene rings is 1. The van der Waals surface area contributed by atoms with Gasteiger partial charge in [0.15, 0.2) is 24.0 Å². The highest BCUT2D eigenvalue weighted by Crippen LogP contribution is 2.39. The zero-order valence-electron chi connectivity index (χ0n) is 11.6. The number of rotatable bonds is 2. The molecule has 3 atom stereocenters. The molecule has 1 aromatic heterocycles. The van der Waals surface area contributed by atoms with Gasteiger partial charge in [-0.1, -0.05) is 30.3 Å². The third kappa shape index (κ3) is 1.90. The number of fused-ring (bicyclic) bond motifs is 1. The van der Waals surface area contributed by atoms with Crippen molar-refractivity contribution < 1.29 is 4.39 Å². The first-order valence-corrected chi connectivity index (χ1v) is 7.04. The van der Waals surface area contributed by atoms with E-state index < -0.39 is 6.17 Å². The van der Waals surface area contributed by atoms with Gasteiger partial charge in [-0.05, 0) is 5.56 Å². The van der Waals surface area contributed by atoms with Crippen LogP contribution in [-0.4, -0.2) is 26.7 Å². The van der Waals surface area contributed by atoms with Crippen molar-refractivity contribution in [3.63, 3.8) is 0 Å². The summed E-state index contributed by atoms with van der Waals surface area (Å²) >= 11 is 0. The zero-order valence-corrected chi connectivity index (χ0v) is 11.6. The highest BCUT2D eigenvalue weighted by molar-refractivity contribution is 5.24. The van der Waals surface area contributed by atoms with E-state index in [1.165, 1.54) is 0 Å². The lowest BCUT2D eigenvalue weighted by Gasteiger charge is -2.18. The van der Waals surface area contributed by atoms with Crippen molar-refractivity contribution in [2.45, 2.75) is 24.8 Å². The fourth-order valence-electron chi connectivity index (χ4n) is 2.98. The monoisotopic (exact) mass is 285 g/mol. The first-order chi connectivity index (χ1) is 10.2. The summed E-state index contributed by atoms with van der Waals surface area (Å²) in [5.41, 5.74) is 1.07. The minimum absolute atomic E-state index is 0.0721. The molecule has 5 nitrogen and oxygen atoms in total. The Balaban J connectivity index is 1.71. The van der Waals surface area contributed by atoms with Gasteiger partial charge in [0.1, 0.15) is 0 Å². The lowest BCUT2D eigenvalue weighted by molar-refractivity contribution is 0.309. The molecule has 0 bridgehead atoms. The van der Waals surface area contributed by atoms with Crippen LogP contribution in [0, 0.1) is 0 Å². The molecule has 1 aromatic carbocycles. The standard InChI is InChI=1S/C15H16FN5/c1-20-8-7-17-15(20)13-18-14-11(16)9-12(21(14)19-13)10-5-3-2-4-6-10/h2-8,11-12,15,17H,9H2,1H3. The third-order valence-electron chi connectivity index (χ3n) is 4.08. The number of hydrogen-bond acceptors (Lipinski definition) is 4. The number of nitrogens with zero attached hydrogens (tertiary/aromatic N) is 4. The molecule has 2 aliphatic heterocycles. The van der Waals surface area contributed by atoms with E-state index in [-0.39, 0.29) is 12.2 Å². The minimum Gasteiger partial charge on any atom is -0.364 e. The maximum Gasteiger partial charge on any atom is 0.194 e. The van der Waals surface area contributed by atoms with Gasteiger partial charge in [-0.2, -0.15) is 5.10 Å². The summed E-state index contributed by atoms with van der Waals surface area (Å²) in [5.74, 6) is 1.04. The molecule has 0 fully saturated rings. The lowest BCUT2D eigenvalue weighted by atomic mass is 10.0. The van der Waals surface area contributed by atoms with E-state index in [4.69, 9.17) is 0 Å². The summed E-state index contributed by atoms with van der Waals surface area (Å²) in [6.07, 6.45) is 2.99. The van der Waals surface area contributed by atoms with Gasteiger partial charge in [0.25, 0.3) is 0 Å². The fraction of sp³-hybridized carbons (Fsp3) is 0.333. The number of hydrogen-bond donors (Lipinski definition) is 1. The summed E-state index contributed by atoms with van der Waals surface area (Å²) < 4.78 is 16.0. The van der Waals surface area contributed by atoms with Crippen LogP contribution in [0.4, 0.5) is 4.39 Å². The van der Waals surface area contributed by atoms with E-state index in [1.54, 1.807) is 4.68 Å².